The molecule has 0 atom stereocenters. The summed E-state index contributed by atoms with van der Waals surface area (Å²) in [5.74, 6) is -10.4. The van der Waals surface area contributed by atoms with E-state index < -0.39 is 80.3 Å². The minimum absolute atomic E-state index is 0.754. The number of nitrogens with zero attached hydrogens (tertiary/aromatic N) is 4. The van der Waals surface area contributed by atoms with Crippen molar-refractivity contribution in [1.82, 2.24) is 15.0 Å². The summed E-state index contributed by atoms with van der Waals surface area (Å²) in [6, 6.07) is 0. The monoisotopic (exact) mass is 569 g/mol. The molecule has 0 bridgehead atoms. The Labute approximate surface area is 232 Å². The Morgan fingerprint density at radius 1 is 0.675 bits per heavy atom. The second-order valence-corrected chi connectivity index (χ2v) is 12.8. The molecule has 0 spiro atoms. The molecule has 1 rings (SSSR count). The molecule has 40 heavy (non-hydrogen) atoms. The predicted octanol–water partition coefficient (Wildman–Crippen LogP) is 2.38. The second kappa shape index (κ2) is 11.3. The van der Waals surface area contributed by atoms with Crippen molar-refractivity contribution in [3.63, 3.8) is 0 Å². The fourth-order valence-electron chi connectivity index (χ4n) is 2.93. The Morgan fingerprint density at radius 2 is 1.02 bits per heavy atom. The summed E-state index contributed by atoms with van der Waals surface area (Å²) in [7, 11) is 0. The van der Waals surface area contributed by atoms with E-state index in [0.717, 1.165) is 0 Å². The Balaban J connectivity index is 4.08. The van der Waals surface area contributed by atoms with Gasteiger partial charge in [-0.25, -0.2) is 14.6 Å². The number of hydrogen-bond acceptors (Lipinski definition) is 14. The molecule has 0 saturated heterocycles. The maximum absolute atomic E-state index is 13.4. The van der Waals surface area contributed by atoms with Crippen LogP contribution in [-0.4, -0.2) is 66.2 Å². The van der Waals surface area contributed by atoms with E-state index in [2.05, 4.69) is 15.0 Å². The van der Waals surface area contributed by atoms with Crippen molar-refractivity contribution in [3.8, 4) is 0 Å². The Hall–Kier alpha value is -3.91. The highest BCUT2D eigenvalue weighted by molar-refractivity contribution is 6.04. The van der Waals surface area contributed by atoms with Crippen LogP contribution in [0.4, 0.5) is 5.95 Å². The smallest absolute Gasteiger partial charge is 0.459 e. The van der Waals surface area contributed by atoms with Crippen molar-refractivity contribution in [2.75, 3.05) is 5.73 Å². The molecule has 1 heterocycles. The van der Waals surface area contributed by atoms with Gasteiger partial charge < -0.3 is 24.7 Å². The summed E-state index contributed by atoms with van der Waals surface area (Å²) >= 11 is 0. The first-order valence-electron chi connectivity index (χ1n) is 12.3. The zero-order chi connectivity index (χ0) is 31.6. The van der Waals surface area contributed by atoms with Crippen LogP contribution in [0.3, 0.4) is 0 Å². The third-order valence-corrected chi connectivity index (χ3v) is 4.20. The lowest BCUT2D eigenvalue weighted by molar-refractivity contribution is -0.552. The second-order valence-electron chi connectivity index (χ2n) is 12.8. The number of nitrogen functional groups attached to an aromatic ring is 1. The van der Waals surface area contributed by atoms with Crippen molar-refractivity contribution in [2.24, 2.45) is 0 Å². The number of nitrogens with two attached hydrogens (primary N) is 1. The molecule has 0 radical (unpaired) electrons. The van der Waals surface area contributed by atoms with Crippen LogP contribution in [-0.2, 0) is 43.7 Å². The van der Waals surface area contributed by atoms with Crippen molar-refractivity contribution in [1.29, 1.82) is 0 Å². The number of aromatic nitrogens is 3. The molecule has 0 saturated carbocycles. The standard InChI is InChI=1S/C25H39N5O10/c1-21(2,3)37-15(31)13(16(32)38-22(4,5)6)14-27-17(29-20(26)28-14)25(30(35)36,18(33)39-23(7,8)9)19(34)40-24(10,11)12/h13H,1-12H3,(H2,26,27,28,29). The Kier molecular flexibility index (Phi) is 9.63. The lowest BCUT2D eigenvalue weighted by Crippen LogP contribution is -2.56. The van der Waals surface area contributed by atoms with Gasteiger partial charge in [0.2, 0.25) is 17.7 Å². The average molecular weight is 570 g/mol. The van der Waals surface area contributed by atoms with Crippen molar-refractivity contribution in [2.45, 2.75) is 117 Å². The number of esters is 4. The third-order valence-electron chi connectivity index (χ3n) is 4.20. The van der Waals surface area contributed by atoms with Gasteiger partial charge in [-0.05, 0) is 83.1 Å². The molecule has 1 aromatic heterocycles. The first-order valence-corrected chi connectivity index (χ1v) is 12.3. The zero-order valence-corrected chi connectivity index (χ0v) is 25.0. The molecule has 0 aromatic carbocycles. The zero-order valence-electron chi connectivity index (χ0n) is 25.0. The fraction of sp³-hybridized carbons (Fsp3) is 0.720. The van der Waals surface area contributed by atoms with E-state index in [1.165, 1.54) is 83.1 Å². The van der Waals surface area contributed by atoms with Crippen molar-refractivity contribution >= 4 is 29.8 Å². The van der Waals surface area contributed by atoms with E-state index in [1.807, 2.05) is 0 Å². The lowest BCUT2D eigenvalue weighted by Gasteiger charge is -2.29. The van der Waals surface area contributed by atoms with Crippen LogP contribution in [0.1, 0.15) is 101 Å². The van der Waals surface area contributed by atoms with E-state index in [9.17, 15) is 29.3 Å². The highest BCUT2D eigenvalue weighted by Crippen LogP contribution is 2.32. The maximum Gasteiger partial charge on any atom is 0.468 e. The summed E-state index contributed by atoms with van der Waals surface area (Å²) < 4.78 is 21.1. The van der Waals surface area contributed by atoms with Gasteiger partial charge in [0, 0.05) is 0 Å². The van der Waals surface area contributed by atoms with Gasteiger partial charge in [0.25, 0.3) is 0 Å². The van der Waals surface area contributed by atoms with E-state index in [1.54, 1.807) is 0 Å². The number of anilines is 1. The molecule has 0 aliphatic heterocycles. The number of carbonyl (C=O) groups excluding carboxylic acids is 4. The van der Waals surface area contributed by atoms with Crippen molar-refractivity contribution < 1.29 is 43.0 Å². The van der Waals surface area contributed by atoms with Gasteiger partial charge in [0.15, 0.2) is 5.82 Å². The number of carbonyl (C=O) groups is 4. The van der Waals surface area contributed by atoms with Gasteiger partial charge in [-0.15, -0.1) is 0 Å². The number of rotatable bonds is 7. The van der Waals surface area contributed by atoms with E-state index >= 15 is 0 Å². The number of hydrogen-bond donors (Lipinski definition) is 1. The fourth-order valence-corrected chi connectivity index (χ4v) is 2.93. The summed E-state index contributed by atoms with van der Waals surface area (Å²) in [5, 5.41) is 12.6. The first kappa shape index (κ1) is 34.1. The molecule has 0 amide bonds. The van der Waals surface area contributed by atoms with E-state index in [0.29, 0.717) is 0 Å². The number of nitro groups is 1. The van der Waals surface area contributed by atoms with Crippen LogP contribution in [0.25, 0.3) is 0 Å². The third kappa shape index (κ3) is 9.09. The molecule has 15 nitrogen and oxygen atoms in total. The molecule has 0 aliphatic carbocycles. The molecular formula is C25H39N5O10. The van der Waals surface area contributed by atoms with Crippen LogP contribution < -0.4 is 5.73 Å². The van der Waals surface area contributed by atoms with Gasteiger partial charge in [-0.1, -0.05) is 0 Å². The van der Waals surface area contributed by atoms with Crippen LogP contribution in [0.2, 0.25) is 0 Å². The topological polar surface area (TPSA) is 213 Å². The highest BCUT2D eigenvalue weighted by Gasteiger charge is 2.68. The Morgan fingerprint density at radius 3 is 1.32 bits per heavy atom. The van der Waals surface area contributed by atoms with Gasteiger partial charge in [0.05, 0.1) is 4.92 Å². The normalized spacial score (nSPS) is 12.9. The average Bonchev–Trinajstić information content (AvgIpc) is 2.61. The molecule has 0 fully saturated rings. The lowest BCUT2D eigenvalue weighted by atomic mass is 9.97. The van der Waals surface area contributed by atoms with Gasteiger partial charge in [-0.3, -0.25) is 19.7 Å². The number of ether oxygens (including phenoxy) is 4. The quantitative estimate of drug-likeness (QED) is 0.164. The summed E-state index contributed by atoms with van der Waals surface area (Å²) in [5.41, 5.74) is -2.50. The Bertz CT molecular complexity index is 1110. The van der Waals surface area contributed by atoms with E-state index in [4.69, 9.17) is 24.7 Å². The molecule has 224 valence electrons. The van der Waals surface area contributed by atoms with Gasteiger partial charge in [0.1, 0.15) is 22.4 Å². The molecule has 2 N–H and O–H groups in total. The molecule has 0 unspecified atom stereocenters. The van der Waals surface area contributed by atoms with Crippen LogP contribution in [0.15, 0.2) is 0 Å². The van der Waals surface area contributed by atoms with Gasteiger partial charge >= 0.3 is 29.4 Å². The first-order chi connectivity index (χ1) is 17.7. The largest absolute Gasteiger partial charge is 0.468 e. The maximum atomic E-state index is 13.4. The minimum Gasteiger partial charge on any atom is -0.459 e. The van der Waals surface area contributed by atoms with Crippen LogP contribution in [0.5, 0.6) is 0 Å². The van der Waals surface area contributed by atoms with Gasteiger partial charge in [-0.2, -0.15) is 9.97 Å². The molecule has 0 aliphatic rings. The SMILES string of the molecule is CC(C)(C)OC(=O)C(C(=O)OC(C)(C)C)c1nc(N)nc(C(C(=O)OC(C)(C)C)(C(=O)OC(C)(C)C)[N+](=O)[O-])n1. The minimum atomic E-state index is -3.52. The van der Waals surface area contributed by atoms with Crippen molar-refractivity contribution in [3.05, 3.63) is 21.8 Å². The summed E-state index contributed by atoms with van der Waals surface area (Å²) in [4.78, 5) is 75.8. The molecule has 1 aromatic rings. The molecular weight excluding hydrogens is 530 g/mol. The predicted molar refractivity (Wildman–Crippen MR) is 139 cm³/mol. The molecule has 15 heteroatoms. The highest BCUT2D eigenvalue weighted by atomic mass is 16.7. The summed E-state index contributed by atoms with van der Waals surface area (Å²) in [6.45, 7) is 17.7. The van der Waals surface area contributed by atoms with Crippen LogP contribution >= 0.6 is 0 Å². The van der Waals surface area contributed by atoms with E-state index in [-0.39, 0.29) is 0 Å². The summed E-state index contributed by atoms with van der Waals surface area (Å²) in [6.07, 6.45) is 0. The van der Waals surface area contributed by atoms with Crippen LogP contribution in [0, 0.1) is 10.1 Å².